The molecule has 0 aromatic heterocycles. The van der Waals surface area contributed by atoms with Crippen LogP contribution in [0.1, 0.15) is 26.2 Å². The lowest BCUT2D eigenvalue weighted by molar-refractivity contribution is 0.0295. The van der Waals surface area contributed by atoms with Crippen LogP contribution in [0.25, 0.3) is 0 Å². The van der Waals surface area contributed by atoms with Crippen molar-refractivity contribution in [2.45, 2.75) is 37.8 Å². The molecule has 0 radical (unpaired) electrons. The molecular formula is C12H23N3O. The normalized spacial score (nSPS) is 26.0. The number of likely N-dealkylation sites (tertiary alicyclic amines) is 1. The molecule has 0 spiro atoms. The van der Waals surface area contributed by atoms with Crippen LogP contribution in [0, 0.1) is 11.3 Å². The first-order valence-corrected chi connectivity index (χ1v) is 5.99. The Labute approximate surface area is 98.6 Å². The zero-order valence-corrected chi connectivity index (χ0v) is 10.6. The van der Waals surface area contributed by atoms with Crippen molar-refractivity contribution in [1.82, 2.24) is 10.2 Å². The third-order valence-electron chi connectivity index (χ3n) is 3.52. The summed E-state index contributed by atoms with van der Waals surface area (Å²) < 4.78 is 5.38. The summed E-state index contributed by atoms with van der Waals surface area (Å²) in [7, 11) is 3.62. The van der Waals surface area contributed by atoms with Crippen LogP contribution in [0.4, 0.5) is 0 Å². The minimum absolute atomic E-state index is 0.372. The Kier molecular flexibility index (Phi) is 5.20. The molecule has 1 saturated heterocycles. The van der Waals surface area contributed by atoms with E-state index in [0.717, 1.165) is 32.5 Å². The Morgan fingerprint density at radius 3 is 2.94 bits per heavy atom. The number of nitriles is 1. The number of rotatable bonds is 5. The van der Waals surface area contributed by atoms with Gasteiger partial charge in [0, 0.05) is 20.2 Å². The quantitative estimate of drug-likeness (QED) is 0.758. The summed E-state index contributed by atoms with van der Waals surface area (Å²) in [6, 6.07) is 2.32. The van der Waals surface area contributed by atoms with Crippen molar-refractivity contribution in [3.63, 3.8) is 0 Å². The minimum Gasteiger partial charge on any atom is -0.380 e. The Morgan fingerprint density at radius 1 is 1.62 bits per heavy atom. The van der Waals surface area contributed by atoms with Crippen molar-refractivity contribution in [2.75, 3.05) is 33.8 Å². The van der Waals surface area contributed by atoms with Gasteiger partial charge in [-0.25, -0.2) is 0 Å². The third kappa shape index (κ3) is 3.75. The van der Waals surface area contributed by atoms with E-state index in [9.17, 15) is 0 Å². The van der Waals surface area contributed by atoms with Crippen LogP contribution >= 0.6 is 0 Å². The highest BCUT2D eigenvalue weighted by Crippen LogP contribution is 2.15. The van der Waals surface area contributed by atoms with Gasteiger partial charge in [0.05, 0.1) is 12.2 Å². The second kappa shape index (κ2) is 6.19. The van der Waals surface area contributed by atoms with Crippen LogP contribution in [0.2, 0.25) is 0 Å². The number of ether oxygens (including phenoxy) is 1. The third-order valence-corrected chi connectivity index (χ3v) is 3.52. The standard InChI is InChI=1S/C12H23N3O/c1-12(10-13,14-2)6-8-15-7-4-5-11(9-15)16-3/h11,14H,4-9H2,1-3H3. The van der Waals surface area contributed by atoms with Gasteiger partial charge in [-0.3, -0.25) is 0 Å². The molecule has 0 saturated carbocycles. The first kappa shape index (κ1) is 13.4. The summed E-state index contributed by atoms with van der Waals surface area (Å²) in [6.07, 6.45) is 3.59. The van der Waals surface area contributed by atoms with E-state index in [-0.39, 0.29) is 0 Å². The van der Waals surface area contributed by atoms with Crippen molar-refractivity contribution in [2.24, 2.45) is 0 Å². The number of methoxy groups -OCH3 is 1. The van der Waals surface area contributed by atoms with Gasteiger partial charge >= 0.3 is 0 Å². The van der Waals surface area contributed by atoms with E-state index < -0.39 is 5.54 Å². The lowest BCUT2D eigenvalue weighted by Crippen LogP contribution is -2.45. The molecule has 1 aliphatic heterocycles. The zero-order valence-electron chi connectivity index (χ0n) is 10.6. The van der Waals surface area contributed by atoms with Gasteiger partial charge in [0.25, 0.3) is 0 Å². The molecule has 1 rings (SSSR count). The molecule has 16 heavy (non-hydrogen) atoms. The average Bonchev–Trinajstić information content (AvgIpc) is 2.36. The molecule has 4 heteroatoms. The predicted octanol–water partition coefficient (Wildman–Crippen LogP) is 0.989. The fraction of sp³-hybridized carbons (Fsp3) is 0.917. The van der Waals surface area contributed by atoms with Crippen LogP contribution < -0.4 is 5.32 Å². The zero-order chi connectivity index (χ0) is 12.0. The summed E-state index contributed by atoms with van der Waals surface area (Å²) in [4.78, 5) is 2.39. The van der Waals surface area contributed by atoms with Gasteiger partial charge in [0.1, 0.15) is 5.54 Å². The van der Waals surface area contributed by atoms with Crippen LogP contribution in [-0.2, 0) is 4.74 Å². The predicted molar refractivity (Wildman–Crippen MR) is 64.2 cm³/mol. The topological polar surface area (TPSA) is 48.3 Å². The largest absolute Gasteiger partial charge is 0.380 e. The number of nitrogens with zero attached hydrogens (tertiary/aromatic N) is 2. The fourth-order valence-electron chi connectivity index (χ4n) is 2.03. The van der Waals surface area contributed by atoms with E-state index in [1.807, 2.05) is 14.0 Å². The summed E-state index contributed by atoms with van der Waals surface area (Å²) in [5, 5.41) is 12.1. The molecule has 92 valence electrons. The maximum Gasteiger partial charge on any atom is 0.104 e. The summed E-state index contributed by atoms with van der Waals surface area (Å²) in [6.45, 7) is 5.04. The van der Waals surface area contributed by atoms with Gasteiger partial charge in [0.2, 0.25) is 0 Å². The Morgan fingerprint density at radius 2 is 2.38 bits per heavy atom. The Bertz CT molecular complexity index is 251. The SMILES string of the molecule is CNC(C)(C#N)CCN1CCCC(OC)C1. The molecule has 0 amide bonds. The lowest BCUT2D eigenvalue weighted by atomic mass is 9.99. The lowest BCUT2D eigenvalue weighted by Gasteiger charge is -2.33. The van der Waals surface area contributed by atoms with Crippen molar-refractivity contribution in [3.05, 3.63) is 0 Å². The first-order valence-electron chi connectivity index (χ1n) is 5.99. The molecule has 2 atom stereocenters. The van der Waals surface area contributed by atoms with Gasteiger partial charge in [-0.2, -0.15) is 5.26 Å². The number of nitrogens with one attached hydrogen (secondary N) is 1. The molecule has 0 aromatic rings. The summed E-state index contributed by atoms with van der Waals surface area (Å²) >= 11 is 0. The van der Waals surface area contributed by atoms with E-state index in [0.29, 0.717) is 6.10 Å². The van der Waals surface area contributed by atoms with E-state index in [1.54, 1.807) is 7.11 Å². The smallest absolute Gasteiger partial charge is 0.104 e. The Hall–Kier alpha value is -0.630. The first-order chi connectivity index (χ1) is 7.63. The van der Waals surface area contributed by atoms with Crippen molar-refractivity contribution in [3.8, 4) is 6.07 Å². The molecule has 0 aliphatic carbocycles. The maximum absolute atomic E-state index is 9.06. The highest BCUT2D eigenvalue weighted by Gasteiger charge is 2.24. The molecule has 1 heterocycles. The average molecular weight is 225 g/mol. The highest BCUT2D eigenvalue weighted by atomic mass is 16.5. The molecule has 1 fully saturated rings. The molecule has 0 aromatic carbocycles. The van der Waals surface area contributed by atoms with Gasteiger partial charge in [-0.1, -0.05) is 0 Å². The molecule has 2 unspecified atom stereocenters. The minimum atomic E-state index is -0.403. The van der Waals surface area contributed by atoms with Gasteiger partial charge < -0.3 is 15.0 Å². The summed E-state index contributed by atoms with van der Waals surface area (Å²) in [5.41, 5.74) is -0.403. The number of hydrogen-bond acceptors (Lipinski definition) is 4. The molecule has 1 aliphatic rings. The van der Waals surface area contributed by atoms with Crippen LogP contribution in [0.15, 0.2) is 0 Å². The van der Waals surface area contributed by atoms with Crippen molar-refractivity contribution < 1.29 is 4.74 Å². The van der Waals surface area contributed by atoms with E-state index in [2.05, 4.69) is 16.3 Å². The maximum atomic E-state index is 9.06. The van der Waals surface area contributed by atoms with Crippen LogP contribution in [0.3, 0.4) is 0 Å². The second-order valence-electron chi connectivity index (χ2n) is 4.74. The molecule has 0 bridgehead atoms. The fourth-order valence-corrected chi connectivity index (χ4v) is 2.03. The summed E-state index contributed by atoms with van der Waals surface area (Å²) in [5.74, 6) is 0. The monoisotopic (exact) mass is 225 g/mol. The second-order valence-corrected chi connectivity index (χ2v) is 4.74. The van der Waals surface area contributed by atoms with Gasteiger partial charge in [-0.05, 0) is 39.8 Å². The van der Waals surface area contributed by atoms with Crippen LogP contribution in [-0.4, -0.2) is 50.3 Å². The number of piperidine rings is 1. The molecule has 4 nitrogen and oxygen atoms in total. The molecule has 1 N–H and O–H groups in total. The highest BCUT2D eigenvalue weighted by molar-refractivity contribution is 5.03. The van der Waals surface area contributed by atoms with Crippen LogP contribution in [0.5, 0.6) is 0 Å². The van der Waals surface area contributed by atoms with E-state index >= 15 is 0 Å². The number of hydrogen-bond donors (Lipinski definition) is 1. The van der Waals surface area contributed by atoms with Gasteiger partial charge in [-0.15, -0.1) is 0 Å². The van der Waals surface area contributed by atoms with Gasteiger partial charge in [0.15, 0.2) is 0 Å². The van der Waals surface area contributed by atoms with E-state index in [4.69, 9.17) is 10.00 Å². The van der Waals surface area contributed by atoms with Crippen molar-refractivity contribution in [1.29, 1.82) is 5.26 Å². The van der Waals surface area contributed by atoms with E-state index in [1.165, 1.54) is 6.42 Å². The molecular weight excluding hydrogens is 202 g/mol. The van der Waals surface area contributed by atoms with Crippen molar-refractivity contribution >= 4 is 0 Å². The Balaban J connectivity index is 2.35.